The Balaban J connectivity index is 1.14. The molecule has 6 nitrogen and oxygen atoms in total. The number of anilines is 1. The summed E-state index contributed by atoms with van der Waals surface area (Å²) < 4.78 is 48.7. The number of benzene rings is 1. The van der Waals surface area contributed by atoms with Crippen LogP contribution < -0.4 is 9.64 Å². The summed E-state index contributed by atoms with van der Waals surface area (Å²) in [5, 5.41) is 6.19. The van der Waals surface area contributed by atoms with Gasteiger partial charge in [-0.25, -0.2) is 9.67 Å². The minimum absolute atomic E-state index is 0.102. The Morgan fingerprint density at radius 2 is 1.83 bits per heavy atom. The summed E-state index contributed by atoms with van der Waals surface area (Å²) >= 11 is 1.60. The molecule has 0 amide bonds. The number of alkyl halides is 3. The molecule has 0 N–H and O–H groups in total. The van der Waals surface area contributed by atoms with E-state index in [9.17, 15) is 13.2 Å². The van der Waals surface area contributed by atoms with Crippen molar-refractivity contribution in [3.05, 3.63) is 53.2 Å². The highest BCUT2D eigenvalue weighted by molar-refractivity contribution is 7.10. The molecule has 2 fully saturated rings. The van der Waals surface area contributed by atoms with Gasteiger partial charge < -0.3 is 9.64 Å². The second-order valence-electron chi connectivity index (χ2n) is 10.5. The molecule has 4 heterocycles. The average Bonchev–Trinajstić information content (AvgIpc) is 3.53. The van der Waals surface area contributed by atoms with Gasteiger partial charge in [0.1, 0.15) is 16.6 Å². The standard InChI is InChI=1S/C26H30F3N5OS/c1-16-11-24(36-32-16)33-13-18-4-5-19(14-33)22(18)12-23-30-25-21(3-2-10-34(25)31-23)17-6-8-20(9-7-17)35-15-26(27,28)29/h6-9,11,18-19,21-22H,2-5,10,12-15H2,1H3/t18-,19+,21?,22?. The average molecular weight is 518 g/mol. The summed E-state index contributed by atoms with van der Waals surface area (Å²) in [5.74, 6) is 4.17. The number of piperidine rings is 1. The molecule has 192 valence electrons. The largest absolute Gasteiger partial charge is 0.484 e. The molecule has 1 saturated heterocycles. The Morgan fingerprint density at radius 3 is 2.50 bits per heavy atom. The fraction of sp³-hybridized carbons (Fsp3) is 0.577. The maximum Gasteiger partial charge on any atom is 0.422 e. The lowest BCUT2D eigenvalue weighted by Gasteiger charge is -2.38. The van der Waals surface area contributed by atoms with Crippen LogP contribution in [0.3, 0.4) is 0 Å². The van der Waals surface area contributed by atoms with E-state index in [-0.39, 0.29) is 11.7 Å². The van der Waals surface area contributed by atoms with Crippen LogP contribution in [0.25, 0.3) is 0 Å². The van der Waals surface area contributed by atoms with E-state index in [1.54, 1.807) is 23.7 Å². The number of aryl methyl sites for hydroxylation is 2. The molecule has 2 unspecified atom stereocenters. The maximum atomic E-state index is 12.4. The Morgan fingerprint density at radius 1 is 1.08 bits per heavy atom. The van der Waals surface area contributed by atoms with Gasteiger partial charge in [-0.1, -0.05) is 12.1 Å². The number of nitrogens with zero attached hydrogens (tertiary/aromatic N) is 5. The highest BCUT2D eigenvalue weighted by Crippen LogP contribution is 2.45. The molecular formula is C26H30F3N5OS. The molecule has 2 bridgehead atoms. The number of ether oxygens (including phenoxy) is 1. The van der Waals surface area contributed by atoms with E-state index in [1.807, 2.05) is 12.1 Å². The first-order valence-corrected chi connectivity index (χ1v) is 13.5. The van der Waals surface area contributed by atoms with Crippen LogP contribution >= 0.6 is 11.5 Å². The van der Waals surface area contributed by atoms with Crippen LogP contribution in [0.15, 0.2) is 30.3 Å². The van der Waals surface area contributed by atoms with E-state index in [0.717, 1.165) is 61.8 Å². The normalized spacial score (nSPS) is 25.7. The fourth-order valence-electron chi connectivity index (χ4n) is 6.32. The Labute approximate surface area is 212 Å². The third kappa shape index (κ3) is 4.84. The van der Waals surface area contributed by atoms with E-state index in [0.29, 0.717) is 17.8 Å². The van der Waals surface area contributed by atoms with Crippen molar-refractivity contribution in [1.29, 1.82) is 0 Å². The maximum absolute atomic E-state index is 12.4. The highest BCUT2D eigenvalue weighted by Gasteiger charge is 2.43. The number of hydrogen-bond donors (Lipinski definition) is 0. The first-order valence-electron chi connectivity index (χ1n) is 12.7. The summed E-state index contributed by atoms with van der Waals surface area (Å²) in [4.78, 5) is 7.54. The van der Waals surface area contributed by atoms with Gasteiger partial charge in [0.25, 0.3) is 0 Å². The van der Waals surface area contributed by atoms with Crippen molar-refractivity contribution in [2.45, 2.75) is 57.7 Å². The van der Waals surface area contributed by atoms with Crippen molar-refractivity contribution in [3.63, 3.8) is 0 Å². The Hall–Kier alpha value is -2.62. The third-order valence-electron chi connectivity index (χ3n) is 7.98. The molecule has 0 spiro atoms. The van der Waals surface area contributed by atoms with Gasteiger partial charge in [-0.15, -0.1) is 0 Å². The van der Waals surface area contributed by atoms with Gasteiger partial charge in [-0.05, 0) is 85.7 Å². The molecule has 1 saturated carbocycles. The Bertz CT molecular complexity index is 1190. The lowest BCUT2D eigenvalue weighted by molar-refractivity contribution is -0.153. The van der Waals surface area contributed by atoms with Gasteiger partial charge in [-0.2, -0.15) is 22.6 Å². The molecular weight excluding hydrogens is 487 g/mol. The second kappa shape index (κ2) is 9.36. The van der Waals surface area contributed by atoms with Crippen molar-refractivity contribution in [1.82, 2.24) is 19.1 Å². The first-order chi connectivity index (χ1) is 17.3. The van der Waals surface area contributed by atoms with Crippen LogP contribution in [-0.4, -0.2) is 45.0 Å². The van der Waals surface area contributed by atoms with Crippen LogP contribution in [0.5, 0.6) is 5.75 Å². The number of hydrogen-bond acceptors (Lipinski definition) is 6. The molecule has 36 heavy (non-hydrogen) atoms. The highest BCUT2D eigenvalue weighted by atomic mass is 32.1. The molecule has 6 rings (SSSR count). The lowest BCUT2D eigenvalue weighted by Crippen LogP contribution is -2.42. The van der Waals surface area contributed by atoms with Gasteiger partial charge in [0.05, 0.1) is 5.69 Å². The van der Waals surface area contributed by atoms with Crippen molar-refractivity contribution in [2.24, 2.45) is 17.8 Å². The molecule has 1 aliphatic carbocycles. The zero-order chi connectivity index (χ0) is 24.9. The SMILES string of the molecule is Cc1cc(N2C[C@H]3CC[C@@H](C2)C3Cc2nc3n(n2)CCCC3c2ccc(OCC(F)(F)F)cc2)sn1. The van der Waals surface area contributed by atoms with Crippen LogP contribution in [0.2, 0.25) is 0 Å². The molecule has 2 aliphatic heterocycles. The van der Waals surface area contributed by atoms with Crippen molar-refractivity contribution >= 4 is 16.5 Å². The number of halogens is 3. The third-order valence-corrected chi connectivity index (χ3v) is 8.92. The zero-order valence-electron chi connectivity index (χ0n) is 20.2. The van der Waals surface area contributed by atoms with Gasteiger partial charge in [0.2, 0.25) is 0 Å². The zero-order valence-corrected chi connectivity index (χ0v) is 21.1. The monoisotopic (exact) mass is 517 g/mol. The molecule has 10 heteroatoms. The van der Waals surface area contributed by atoms with Gasteiger partial charge >= 0.3 is 6.18 Å². The smallest absolute Gasteiger partial charge is 0.422 e. The quantitative estimate of drug-likeness (QED) is 0.425. The molecule has 1 aromatic carbocycles. The van der Waals surface area contributed by atoms with Gasteiger partial charge in [0.15, 0.2) is 12.4 Å². The topological polar surface area (TPSA) is 56.1 Å². The second-order valence-corrected chi connectivity index (χ2v) is 11.2. The van der Waals surface area contributed by atoms with E-state index < -0.39 is 12.8 Å². The predicted octanol–water partition coefficient (Wildman–Crippen LogP) is 5.61. The summed E-state index contributed by atoms with van der Waals surface area (Å²) in [6.45, 7) is 3.81. The van der Waals surface area contributed by atoms with Crippen molar-refractivity contribution in [3.8, 4) is 5.75 Å². The number of rotatable bonds is 6. The van der Waals surface area contributed by atoms with E-state index >= 15 is 0 Å². The van der Waals surface area contributed by atoms with Crippen LogP contribution in [-0.2, 0) is 13.0 Å². The van der Waals surface area contributed by atoms with Gasteiger partial charge in [0, 0.05) is 32.0 Å². The van der Waals surface area contributed by atoms with Crippen molar-refractivity contribution in [2.75, 3.05) is 24.6 Å². The minimum Gasteiger partial charge on any atom is -0.484 e. The van der Waals surface area contributed by atoms with Crippen LogP contribution in [0.4, 0.5) is 18.2 Å². The number of aromatic nitrogens is 4. The van der Waals surface area contributed by atoms with Crippen LogP contribution in [0, 0.1) is 24.7 Å². The molecule has 3 aromatic rings. The minimum atomic E-state index is -4.34. The summed E-state index contributed by atoms with van der Waals surface area (Å²) in [6.07, 6.45) is 1.07. The van der Waals surface area contributed by atoms with E-state index in [1.165, 1.54) is 17.8 Å². The van der Waals surface area contributed by atoms with E-state index in [4.69, 9.17) is 14.8 Å². The fourth-order valence-corrected chi connectivity index (χ4v) is 7.10. The number of fused-ring (bicyclic) bond motifs is 3. The van der Waals surface area contributed by atoms with Gasteiger partial charge in [-0.3, -0.25) is 0 Å². The Kier molecular flexibility index (Phi) is 6.17. The molecule has 4 atom stereocenters. The predicted molar refractivity (Wildman–Crippen MR) is 132 cm³/mol. The first kappa shape index (κ1) is 23.8. The van der Waals surface area contributed by atoms with E-state index in [2.05, 4.69) is 26.9 Å². The molecule has 3 aliphatic rings. The van der Waals surface area contributed by atoms with Crippen molar-refractivity contribution < 1.29 is 17.9 Å². The molecule has 2 aromatic heterocycles. The lowest BCUT2D eigenvalue weighted by atomic mass is 9.82. The summed E-state index contributed by atoms with van der Waals surface area (Å²) in [5.41, 5.74) is 2.14. The molecule has 0 radical (unpaired) electrons. The van der Waals surface area contributed by atoms with Crippen LogP contribution in [0.1, 0.15) is 54.5 Å². The summed E-state index contributed by atoms with van der Waals surface area (Å²) in [6, 6.07) is 9.15. The summed E-state index contributed by atoms with van der Waals surface area (Å²) in [7, 11) is 0.